The Morgan fingerprint density at radius 3 is 2.56 bits per heavy atom. The Labute approximate surface area is 111 Å². The van der Waals surface area contributed by atoms with E-state index in [-0.39, 0.29) is 0 Å². The van der Waals surface area contributed by atoms with E-state index in [0.717, 1.165) is 24.6 Å². The topological polar surface area (TPSA) is 19.4 Å². The van der Waals surface area contributed by atoms with Gasteiger partial charge in [-0.25, -0.2) is 4.98 Å². The first-order valence-corrected chi connectivity index (χ1v) is 7.04. The zero-order valence-corrected chi connectivity index (χ0v) is 11.9. The lowest BCUT2D eigenvalue weighted by molar-refractivity contribution is 0.234. The first-order chi connectivity index (χ1) is 8.65. The van der Waals surface area contributed by atoms with Crippen molar-refractivity contribution in [2.45, 2.75) is 33.1 Å². The van der Waals surface area contributed by atoms with Crippen LogP contribution in [0.1, 0.15) is 30.5 Å². The monoisotopic (exact) mass is 247 g/mol. The summed E-state index contributed by atoms with van der Waals surface area (Å²) in [5.41, 5.74) is 2.40. The number of pyridine rings is 1. The molecule has 0 unspecified atom stereocenters. The molecule has 0 aliphatic carbocycles. The normalized spacial score (nSPS) is 16.8. The second-order valence-corrected chi connectivity index (χ2v) is 5.47. The molecule has 3 heteroatoms. The third-order valence-corrected chi connectivity index (χ3v) is 3.68. The summed E-state index contributed by atoms with van der Waals surface area (Å²) in [6, 6.07) is 4.30. The molecule has 1 saturated heterocycles. The number of nitrogens with zero attached hydrogens (tertiary/aromatic N) is 3. The van der Waals surface area contributed by atoms with E-state index in [1.54, 1.807) is 0 Å². The number of piperidine rings is 1. The number of hydrogen-bond acceptors (Lipinski definition) is 3. The zero-order chi connectivity index (χ0) is 13.0. The molecule has 2 rings (SSSR count). The van der Waals surface area contributed by atoms with Crippen molar-refractivity contribution in [3.8, 4) is 0 Å². The first kappa shape index (κ1) is 13.3. The van der Waals surface area contributed by atoms with E-state index >= 15 is 0 Å². The van der Waals surface area contributed by atoms with Gasteiger partial charge in [0.05, 0.1) is 0 Å². The summed E-state index contributed by atoms with van der Waals surface area (Å²) in [5, 5.41) is 0. The van der Waals surface area contributed by atoms with Gasteiger partial charge >= 0.3 is 0 Å². The van der Waals surface area contributed by atoms with Crippen molar-refractivity contribution >= 4 is 5.82 Å². The Bertz CT molecular complexity index is 363. The van der Waals surface area contributed by atoms with Gasteiger partial charge < -0.3 is 9.80 Å². The molecule has 0 aromatic carbocycles. The molecule has 1 aromatic heterocycles. The molecular weight excluding hydrogens is 222 g/mol. The Kier molecular flexibility index (Phi) is 4.59. The van der Waals surface area contributed by atoms with Gasteiger partial charge in [-0.05, 0) is 57.5 Å². The van der Waals surface area contributed by atoms with Crippen LogP contribution < -0.4 is 4.90 Å². The molecule has 2 heterocycles. The lowest BCUT2D eigenvalue weighted by atomic mass is 10.1. The van der Waals surface area contributed by atoms with Crippen molar-refractivity contribution in [2.24, 2.45) is 0 Å². The SMILES string of the molecule is Cc1cc(C)nc(N(C)CCN2CCCCC2)c1. The molecule has 0 bridgehead atoms. The Morgan fingerprint density at radius 2 is 1.89 bits per heavy atom. The van der Waals surface area contributed by atoms with Gasteiger partial charge in [-0.2, -0.15) is 0 Å². The maximum atomic E-state index is 4.61. The number of rotatable bonds is 4. The summed E-state index contributed by atoms with van der Waals surface area (Å²) < 4.78 is 0. The number of aryl methyl sites for hydroxylation is 2. The summed E-state index contributed by atoms with van der Waals surface area (Å²) in [6.45, 7) is 8.97. The number of likely N-dealkylation sites (N-methyl/N-ethyl adjacent to an activating group) is 1. The van der Waals surface area contributed by atoms with Gasteiger partial charge in [0.2, 0.25) is 0 Å². The predicted octanol–water partition coefficient (Wildman–Crippen LogP) is 2.62. The molecule has 0 N–H and O–H groups in total. The molecule has 1 aromatic rings. The van der Waals surface area contributed by atoms with Gasteiger partial charge in [0.25, 0.3) is 0 Å². The van der Waals surface area contributed by atoms with Gasteiger partial charge in [0, 0.05) is 25.8 Å². The van der Waals surface area contributed by atoms with Crippen molar-refractivity contribution in [3.63, 3.8) is 0 Å². The van der Waals surface area contributed by atoms with Crippen molar-refractivity contribution in [2.75, 3.05) is 38.1 Å². The molecule has 100 valence electrons. The van der Waals surface area contributed by atoms with Crippen molar-refractivity contribution < 1.29 is 0 Å². The third kappa shape index (κ3) is 3.70. The second kappa shape index (κ2) is 6.19. The molecule has 0 radical (unpaired) electrons. The molecule has 0 saturated carbocycles. The van der Waals surface area contributed by atoms with Crippen LogP contribution in [0.2, 0.25) is 0 Å². The van der Waals surface area contributed by atoms with E-state index in [1.807, 2.05) is 0 Å². The molecule has 0 amide bonds. The smallest absolute Gasteiger partial charge is 0.128 e. The Morgan fingerprint density at radius 1 is 1.17 bits per heavy atom. The van der Waals surface area contributed by atoms with Crippen LogP contribution in [-0.2, 0) is 0 Å². The lowest BCUT2D eigenvalue weighted by Gasteiger charge is -2.29. The summed E-state index contributed by atoms with van der Waals surface area (Å²) in [5.74, 6) is 1.10. The number of hydrogen-bond donors (Lipinski definition) is 0. The van der Waals surface area contributed by atoms with Gasteiger partial charge in [0.15, 0.2) is 0 Å². The van der Waals surface area contributed by atoms with Crippen LogP contribution in [0.15, 0.2) is 12.1 Å². The van der Waals surface area contributed by atoms with E-state index in [1.165, 1.54) is 37.9 Å². The van der Waals surface area contributed by atoms with Crippen LogP contribution in [0.25, 0.3) is 0 Å². The van der Waals surface area contributed by atoms with E-state index < -0.39 is 0 Å². The minimum atomic E-state index is 1.07. The molecule has 1 fully saturated rings. The van der Waals surface area contributed by atoms with Gasteiger partial charge in [-0.3, -0.25) is 0 Å². The minimum absolute atomic E-state index is 1.07. The van der Waals surface area contributed by atoms with Crippen molar-refractivity contribution in [1.82, 2.24) is 9.88 Å². The standard InChI is InChI=1S/C15H25N3/c1-13-11-14(2)16-15(12-13)17(3)9-10-18-7-5-4-6-8-18/h11-12H,4-10H2,1-3H3. The van der Waals surface area contributed by atoms with Crippen LogP contribution in [0.3, 0.4) is 0 Å². The molecular formula is C15H25N3. The summed E-state index contributed by atoms with van der Waals surface area (Å²) >= 11 is 0. The number of likely N-dealkylation sites (tertiary alicyclic amines) is 1. The van der Waals surface area contributed by atoms with E-state index in [4.69, 9.17) is 0 Å². The number of aromatic nitrogens is 1. The van der Waals surface area contributed by atoms with Crippen molar-refractivity contribution in [3.05, 3.63) is 23.4 Å². The maximum absolute atomic E-state index is 4.61. The molecule has 1 aliphatic rings. The van der Waals surface area contributed by atoms with E-state index in [0.29, 0.717) is 0 Å². The maximum Gasteiger partial charge on any atom is 0.128 e. The highest BCUT2D eigenvalue weighted by atomic mass is 15.2. The molecule has 0 atom stereocenters. The lowest BCUT2D eigenvalue weighted by Crippen LogP contribution is -2.36. The van der Waals surface area contributed by atoms with E-state index in [9.17, 15) is 0 Å². The third-order valence-electron chi connectivity index (χ3n) is 3.68. The molecule has 18 heavy (non-hydrogen) atoms. The van der Waals surface area contributed by atoms with Gasteiger partial charge in [-0.1, -0.05) is 6.42 Å². The van der Waals surface area contributed by atoms with Crippen LogP contribution in [0.5, 0.6) is 0 Å². The van der Waals surface area contributed by atoms with Crippen LogP contribution in [0, 0.1) is 13.8 Å². The summed E-state index contributed by atoms with van der Waals surface area (Å²) in [4.78, 5) is 9.45. The Balaban J connectivity index is 1.88. The average Bonchev–Trinajstić information content (AvgIpc) is 2.36. The molecule has 0 spiro atoms. The summed E-state index contributed by atoms with van der Waals surface area (Å²) in [6.07, 6.45) is 4.14. The van der Waals surface area contributed by atoms with Crippen molar-refractivity contribution in [1.29, 1.82) is 0 Å². The van der Waals surface area contributed by atoms with Gasteiger partial charge in [0.1, 0.15) is 5.82 Å². The molecule has 1 aliphatic heterocycles. The number of anilines is 1. The van der Waals surface area contributed by atoms with Crippen LogP contribution in [-0.4, -0.2) is 43.1 Å². The highest BCUT2D eigenvalue weighted by Crippen LogP contribution is 2.14. The fourth-order valence-electron chi connectivity index (χ4n) is 2.60. The highest BCUT2D eigenvalue weighted by Gasteiger charge is 2.11. The highest BCUT2D eigenvalue weighted by molar-refractivity contribution is 5.41. The second-order valence-electron chi connectivity index (χ2n) is 5.47. The van der Waals surface area contributed by atoms with Crippen LogP contribution >= 0.6 is 0 Å². The average molecular weight is 247 g/mol. The Hall–Kier alpha value is -1.09. The van der Waals surface area contributed by atoms with Gasteiger partial charge in [-0.15, -0.1) is 0 Å². The first-order valence-electron chi connectivity index (χ1n) is 7.04. The quantitative estimate of drug-likeness (QED) is 0.815. The fraction of sp³-hybridized carbons (Fsp3) is 0.667. The molecule has 3 nitrogen and oxygen atoms in total. The largest absolute Gasteiger partial charge is 0.358 e. The van der Waals surface area contributed by atoms with E-state index in [2.05, 4.69) is 47.8 Å². The zero-order valence-electron chi connectivity index (χ0n) is 11.9. The fourth-order valence-corrected chi connectivity index (χ4v) is 2.60. The van der Waals surface area contributed by atoms with Crippen LogP contribution in [0.4, 0.5) is 5.82 Å². The minimum Gasteiger partial charge on any atom is -0.358 e. The predicted molar refractivity (Wildman–Crippen MR) is 77.3 cm³/mol. The summed E-state index contributed by atoms with van der Waals surface area (Å²) in [7, 11) is 2.14.